The van der Waals surface area contributed by atoms with Crippen LogP contribution in [-0.2, 0) is 9.59 Å². The first kappa shape index (κ1) is 11.1. The average molecular weight is 172 g/mol. The highest BCUT2D eigenvalue weighted by Crippen LogP contribution is 2.10. The minimum absolute atomic E-state index is 0.0202. The smallest absolute Gasteiger partial charge is 0.237 e. The molecule has 2 N–H and O–H groups in total. The first-order valence-corrected chi connectivity index (χ1v) is 3.79. The van der Waals surface area contributed by atoms with Crippen molar-refractivity contribution in [1.29, 1.82) is 0 Å². The van der Waals surface area contributed by atoms with Crippen LogP contribution in [0.1, 0.15) is 20.8 Å². The number of amides is 1. The van der Waals surface area contributed by atoms with Crippen LogP contribution < -0.4 is 5.73 Å². The van der Waals surface area contributed by atoms with E-state index in [2.05, 4.69) is 0 Å². The number of ketones is 1. The second-order valence-corrected chi connectivity index (χ2v) is 3.48. The van der Waals surface area contributed by atoms with Gasteiger partial charge in [0.2, 0.25) is 5.91 Å². The summed E-state index contributed by atoms with van der Waals surface area (Å²) in [5.74, 6) is -0.405. The van der Waals surface area contributed by atoms with Gasteiger partial charge in [0, 0.05) is 0 Å². The summed E-state index contributed by atoms with van der Waals surface area (Å²) in [6.45, 7) is 5.11. The maximum atomic E-state index is 10.9. The summed E-state index contributed by atoms with van der Waals surface area (Å²) in [6.07, 6.45) is 0. The molecule has 0 aliphatic heterocycles. The van der Waals surface area contributed by atoms with E-state index in [1.807, 2.05) is 0 Å². The SMILES string of the molecule is CC(=O)CN(C)C(C)(C)C(N)=O. The van der Waals surface area contributed by atoms with Crippen molar-refractivity contribution in [2.24, 2.45) is 5.73 Å². The second kappa shape index (κ2) is 3.67. The van der Waals surface area contributed by atoms with Gasteiger partial charge in [0.05, 0.1) is 12.1 Å². The van der Waals surface area contributed by atoms with Crippen molar-refractivity contribution in [2.75, 3.05) is 13.6 Å². The van der Waals surface area contributed by atoms with Crippen molar-refractivity contribution in [3.8, 4) is 0 Å². The molecule has 0 spiro atoms. The maximum Gasteiger partial charge on any atom is 0.237 e. The molecule has 0 unspecified atom stereocenters. The molecule has 4 nitrogen and oxygen atoms in total. The van der Waals surface area contributed by atoms with Gasteiger partial charge in [-0.2, -0.15) is 0 Å². The van der Waals surface area contributed by atoms with Crippen LogP contribution in [0, 0.1) is 0 Å². The summed E-state index contributed by atoms with van der Waals surface area (Å²) >= 11 is 0. The van der Waals surface area contributed by atoms with Crippen molar-refractivity contribution in [3.63, 3.8) is 0 Å². The predicted molar refractivity (Wildman–Crippen MR) is 46.6 cm³/mol. The standard InChI is InChI=1S/C8H16N2O2/c1-6(11)5-10(4)8(2,3)7(9)12/h5H2,1-4H3,(H2,9,12). The van der Waals surface area contributed by atoms with Gasteiger partial charge in [0.25, 0.3) is 0 Å². The highest BCUT2D eigenvalue weighted by atomic mass is 16.2. The topological polar surface area (TPSA) is 63.4 Å². The number of hydrogen-bond acceptors (Lipinski definition) is 3. The van der Waals surface area contributed by atoms with Crippen molar-refractivity contribution < 1.29 is 9.59 Å². The van der Waals surface area contributed by atoms with Gasteiger partial charge in [-0.15, -0.1) is 0 Å². The van der Waals surface area contributed by atoms with Crippen LogP contribution in [-0.4, -0.2) is 35.7 Å². The molecular weight excluding hydrogens is 156 g/mol. The molecule has 0 aromatic heterocycles. The number of Topliss-reactive ketones (excluding diaryl/α,β-unsaturated/α-hetero) is 1. The molecule has 0 aromatic rings. The van der Waals surface area contributed by atoms with Gasteiger partial charge in [-0.1, -0.05) is 0 Å². The fraction of sp³-hybridized carbons (Fsp3) is 0.750. The van der Waals surface area contributed by atoms with Crippen molar-refractivity contribution >= 4 is 11.7 Å². The van der Waals surface area contributed by atoms with E-state index in [1.165, 1.54) is 6.92 Å². The Morgan fingerprint density at radius 3 is 2.08 bits per heavy atom. The molecule has 70 valence electrons. The molecule has 0 saturated heterocycles. The van der Waals surface area contributed by atoms with Gasteiger partial charge in [-0.25, -0.2) is 0 Å². The number of nitrogens with two attached hydrogens (primary N) is 1. The van der Waals surface area contributed by atoms with Crippen molar-refractivity contribution in [2.45, 2.75) is 26.3 Å². The van der Waals surface area contributed by atoms with E-state index in [-0.39, 0.29) is 12.3 Å². The first-order chi connectivity index (χ1) is 5.28. The largest absolute Gasteiger partial charge is 0.368 e. The summed E-state index contributed by atoms with van der Waals surface area (Å²) in [6, 6.07) is 0. The summed E-state index contributed by atoms with van der Waals surface area (Å²) in [4.78, 5) is 23.3. The van der Waals surface area contributed by atoms with Gasteiger partial charge in [0.1, 0.15) is 5.78 Å². The lowest BCUT2D eigenvalue weighted by molar-refractivity contribution is -0.129. The summed E-state index contributed by atoms with van der Waals surface area (Å²) in [5.41, 5.74) is 4.40. The van der Waals surface area contributed by atoms with E-state index in [0.29, 0.717) is 0 Å². The van der Waals surface area contributed by atoms with Gasteiger partial charge in [-0.05, 0) is 27.8 Å². The number of carbonyl (C=O) groups excluding carboxylic acids is 2. The molecule has 4 heteroatoms. The van der Waals surface area contributed by atoms with Gasteiger partial charge >= 0.3 is 0 Å². The molecular formula is C8H16N2O2. The molecule has 0 atom stereocenters. The number of carbonyl (C=O) groups is 2. The van der Waals surface area contributed by atoms with E-state index in [1.54, 1.807) is 25.8 Å². The van der Waals surface area contributed by atoms with Crippen LogP contribution in [0.5, 0.6) is 0 Å². The predicted octanol–water partition coefficient (Wildman–Crippen LogP) is -0.229. The highest BCUT2D eigenvalue weighted by Gasteiger charge is 2.30. The van der Waals surface area contributed by atoms with Crippen molar-refractivity contribution in [3.05, 3.63) is 0 Å². The minimum atomic E-state index is -0.758. The van der Waals surface area contributed by atoms with Crippen LogP contribution in [0.4, 0.5) is 0 Å². The zero-order chi connectivity index (χ0) is 9.94. The molecule has 0 aliphatic rings. The molecule has 0 fully saturated rings. The molecule has 0 rings (SSSR count). The molecule has 0 aliphatic carbocycles. The van der Waals surface area contributed by atoms with Crippen LogP contribution in [0.2, 0.25) is 0 Å². The Morgan fingerprint density at radius 2 is 1.83 bits per heavy atom. The molecule has 12 heavy (non-hydrogen) atoms. The van der Waals surface area contributed by atoms with Gasteiger partial charge in [-0.3, -0.25) is 14.5 Å². The summed E-state index contributed by atoms with van der Waals surface area (Å²) in [5, 5.41) is 0. The number of likely N-dealkylation sites (N-methyl/N-ethyl adjacent to an activating group) is 1. The third kappa shape index (κ3) is 2.62. The third-order valence-corrected chi connectivity index (χ3v) is 2.02. The Kier molecular flexibility index (Phi) is 3.39. The third-order valence-electron chi connectivity index (χ3n) is 2.02. The lowest BCUT2D eigenvalue weighted by atomic mass is 10.0. The average Bonchev–Trinajstić information content (AvgIpc) is 1.85. The van der Waals surface area contributed by atoms with E-state index in [9.17, 15) is 9.59 Å². The second-order valence-electron chi connectivity index (χ2n) is 3.48. The zero-order valence-corrected chi connectivity index (χ0v) is 8.05. The first-order valence-electron chi connectivity index (χ1n) is 3.79. The van der Waals surface area contributed by atoms with Crippen LogP contribution >= 0.6 is 0 Å². The Balaban J connectivity index is 4.35. The zero-order valence-electron chi connectivity index (χ0n) is 8.05. The maximum absolute atomic E-state index is 10.9. The Labute approximate surface area is 72.7 Å². The normalized spacial score (nSPS) is 11.8. The lowest BCUT2D eigenvalue weighted by Gasteiger charge is -2.31. The highest BCUT2D eigenvalue weighted by molar-refractivity contribution is 5.85. The van der Waals surface area contributed by atoms with E-state index in [4.69, 9.17) is 5.73 Å². The Bertz CT molecular complexity index is 199. The van der Waals surface area contributed by atoms with Crippen LogP contribution in [0.25, 0.3) is 0 Å². The lowest BCUT2D eigenvalue weighted by Crippen LogP contribution is -2.52. The van der Waals surface area contributed by atoms with Crippen LogP contribution in [0.15, 0.2) is 0 Å². The summed E-state index contributed by atoms with van der Waals surface area (Å²) in [7, 11) is 1.70. The minimum Gasteiger partial charge on any atom is -0.368 e. The molecule has 0 heterocycles. The summed E-state index contributed by atoms with van der Waals surface area (Å²) < 4.78 is 0. The fourth-order valence-electron chi connectivity index (χ4n) is 0.720. The molecule has 0 bridgehead atoms. The molecule has 0 radical (unpaired) electrons. The number of nitrogens with zero attached hydrogens (tertiary/aromatic N) is 1. The molecule has 1 amide bonds. The number of hydrogen-bond donors (Lipinski definition) is 1. The van der Waals surface area contributed by atoms with Crippen molar-refractivity contribution in [1.82, 2.24) is 4.90 Å². The van der Waals surface area contributed by atoms with Gasteiger partial charge < -0.3 is 5.73 Å². The quantitative estimate of drug-likeness (QED) is 0.637. The van der Waals surface area contributed by atoms with E-state index in [0.717, 1.165) is 0 Å². The van der Waals surface area contributed by atoms with Crippen LogP contribution in [0.3, 0.4) is 0 Å². The monoisotopic (exact) mass is 172 g/mol. The molecule has 0 saturated carbocycles. The Hall–Kier alpha value is -0.900. The fourth-order valence-corrected chi connectivity index (χ4v) is 0.720. The number of primary amides is 1. The molecule has 0 aromatic carbocycles. The number of rotatable bonds is 4. The van der Waals surface area contributed by atoms with E-state index >= 15 is 0 Å². The van der Waals surface area contributed by atoms with Gasteiger partial charge in [0.15, 0.2) is 0 Å². The Morgan fingerprint density at radius 1 is 1.42 bits per heavy atom. The van der Waals surface area contributed by atoms with E-state index < -0.39 is 11.4 Å².